The topological polar surface area (TPSA) is 93.7 Å². The van der Waals surface area contributed by atoms with E-state index in [0.717, 1.165) is 17.8 Å². The third kappa shape index (κ3) is 4.54. The first kappa shape index (κ1) is 21.7. The average Bonchev–Trinajstić information content (AvgIpc) is 3.48. The Morgan fingerprint density at radius 2 is 1.88 bits per heavy atom. The number of hydrogen-bond acceptors (Lipinski definition) is 7. The number of rotatable bonds is 6. The van der Waals surface area contributed by atoms with Gasteiger partial charge in [0.05, 0.1) is 20.3 Å². The Morgan fingerprint density at radius 1 is 1.12 bits per heavy atom. The van der Waals surface area contributed by atoms with E-state index in [1.165, 1.54) is 32.4 Å². The van der Waals surface area contributed by atoms with E-state index < -0.39 is 11.7 Å². The molecule has 1 N–H and O–H groups in total. The fraction of sp³-hybridized carbons (Fsp3) is 0.273. The summed E-state index contributed by atoms with van der Waals surface area (Å²) in [5.41, 5.74) is 0.776. The van der Waals surface area contributed by atoms with Crippen LogP contribution in [0.5, 0.6) is 11.5 Å². The van der Waals surface area contributed by atoms with E-state index in [9.17, 15) is 14.0 Å². The number of hydrogen-bond donors (Lipinski definition) is 1. The summed E-state index contributed by atoms with van der Waals surface area (Å²) in [6.07, 6.45) is 1.52. The van der Waals surface area contributed by atoms with Gasteiger partial charge in [-0.2, -0.15) is 0 Å². The number of ether oxygens (including phenoxy) is 2. The Morgan fingerprint density at radius 3 is 2.56 bits per heavy atom. The van der Waals surface area contributed by atoms with Gasteiger partial charge in [0.1, 0.15) is 22.3 Å². The molecule has 1 saturated heterocycles. The monoisotopic (exact) mass is 456 g/mol. The lowest BCUT2D eigenvalue weighted by molar-refractivity contribution is 0.0734. The molecule has 1 atom stereocenters. The highest BCUT2D eigenvalue weighted by Crippen LogP contribution is 2.35. The van der Waals surface area contributed by atoms with Crippen molar-refractivity contribution in [3.63, 3.8) is 0 Å². The number of amides is 2. The largest absolute Gasteiger partial charge is 0.497 e. The van der Waals surface area contributed by atoms with E-state index in [-0.39, 0.29) is 17.0 Å². The van der Waals surface area contributed by atoms with Gasteiger partial charge in [0.15, 0.2) is 0 Å². The zero-order chi connectivity index (χ0) is 22.7. The Bertz CT molecular complexity index is 1130. The predicted molar refractivity (Wildman–Crippen MR) is 117 cm³/mol. The number of benzene rings is 2. The van der Waals surface area contributed by atoms with Gasteiger partial charge in [-0.1, -0.05) is 17.4 Å². The SMILES string of the molecule is COc1cc(OC)cc(C(=O)N2CCC[C@@H]2c2nnc(C(=O)Nc3cccc(F)c3)s2)c1. The zero-order valence-electron chi connectivity index (χ0n) is 17.5. The standard InChI is InChI=1S/C22H21FN4O4S/c1-30-16-9-13(10-17(12-16)31-2)22(29)27-8-4-7-18(27)20-25-26-21(32-20)19(28)24-15-6-3-5-14(23)11-15/h3,5-6,9-12,18H,4,7-8H2,1-2H3,(H,24,28)/t18-/m1/s1. The van der Waals surface area contributed by atoms with Crippen molar-refractivity contribution in [3.8, 4) is 11.5 Å². The molecule has 0 aliphatic carbocycles. The van der Waals surface area contributed by atoms with Crippen LogP contribution in [0.15, 0.2) is 42.5 Å². The van der Waals surface area contributed by atoms with E-state index in [4.69, 9.17) is 9.47 Å². The number of nitrogens with one attached hydrogen (secondary N) is 1. The second-order valence-electron chi connectivity index (χ2n) is 7.17. The summed E-state index contributed by atoms with van der Waals surface area (Å²) in [4.78, 5) is 27.5. The highest BCUT2D eigenvalue weighted by Gasteiger charge is 2.34. The summed E-state index contributed by atoms with van der Waals surface area (Å²) in [6.45, 7) is 0.563. The number of anilines is 1. The lowest BCUT2D eigenvalue weighted by Crippen LogP contribution is -2.30. The molecule has 2 heterocycles. The Hall–Kier alpha value is -3.53. The lowest BCUT2D eigenvalue weighted by Gasteiger charge is -2.23. The summed E-state index contributed by atoms with van der Waals surface area (Å²) in [7, 11) is 3.05. The highest BCUT2D eigenvalue weighted by molar-refractivity contribution is 7.13. The number of carbonyl (C=O) groups excluding carboxylic acids is 2. The molecule has 10 heteroatoms. The molecule has 8 nitrogen and oxygen atoms in total. The molecular weight excluding hydrogens is 435 g/mol. The van der Waals surface area contributed by atoms with Crippen LogP contribution in [0.25, 0.3) is 0 Å². The first-order valence-electron chi connectivity index (χ1n) is 9.93. The quantitative estimate of drug-likeness (QED) is 0.604. The van der Waals surface area contributed by atoms with Crippen molar-refractivity contribution >= 4 is 28.8 Å². The van der Waals surface area contributed by atoms with Crippen LogP contribution >= 0.6 is 11.3 Å². The Balaban J connectivity index is 1.52. The van der Waals surface area contributed by atoms with Crippen LogP contribution in [0.2, 0.25) is 0 Å². The van der Waals surface area contributed by atoms with Crippen molar-refractivity contribution in [1.29, 1.82) is 0 Å². The molecule has 1 aliphatic rings. The molecule has 1 fully saturated rings. The highest BCUT2D eigenvalue weighted by atomic mass is 32.1. The molecule has 1 aliphatic heterocycles. The van der Waals surface area contributed by atoms with Gasteiger partial charge in [0.2, 0.25) is 5.01 Å². The summed E-state index contributed by atoms with van der Waals surface area (Å²) >= 11 is 1.12. The normalized spacial score (nSPS) is 15.5. The van der Waals surface area contributed by atoms with Crippen LogP contribution in [0.1, 0.15) is 44.1 Å². The number of halogens is 1. The third-order valence-electron chi connectivity index (χ3n) is 5.11. The van der Waals surface area contributed by atoms with Crippen LogP contribution in [0.3, 0.4) is 0 Å². The van der Waals surface area contributed by atoms with Crippen LogP contribution in [0.4, 0.5) is 10.1 Å². The maximum Gasteiger partial charge on any atom is 0.286 e. The second kappa shape index (κ2) is 9.31. The van der Waals surface area contributed by atoms with Gasteiger partial charge in [-0.05, 0) is 43.2 Å². The number of carbonyl (C=O) groups is 2. The summed E-state index contributed by atoms with van der Waals surface area (Å²) in [6, 6.07) is 10.4. The van der Waals surface area contributed by atoms with Gasteiger partial charge in [-0.25, -0.2) is 4.39 Å². The predicted octanol–water partition coefficient (Wildman–Crippen LogP) is 3.92. The minimum Gasteiger partial charge on any atom is -0.497 e. The van der Waals surface area contributed by atoms with Gasteiger partial charge in [0, 0.05) is 23.9 Å². The van der Waals surface area contributed by atoms with Crippen molar-refractivity contribution in [1.82, 2.24) is 15.1 Å². The van der Waals surface area contributed by atoms with Gasteiger partial charge < -0.3 is 19.7 Å². The molecule has 0 radical (unpaired) electrons. The van der Waals surface area contributed by atoms with Gasteiger partial charge in [0.25, 0.3) is 11.8 Å². The molecular formula is C22H21FN4O4S. The number of likely N-dealkylation sites (tertiary alicyclic amines) is 1. The van der Waals surface area contributed by atoms with E-state index in [0.29, 0.717) is 40.7 Å². The lowest BCUT2D eigenvalue weighted by atomic mass is 10.1. The van der Waals surface area contributed by atoms with Crippen LogP contribution < -0.4 is 14.8 Å². The van der Waals surface area contributed by atoms with E-state index in [2.05, 4.69) is 15.5 Å². The molecule has 0 unspecified atom stereocenters. The van der Waals surface area contributed by atoms with E-state index in [1.54, 1.807) is 29.2 Å². The Labute approximate surface area is 188 Å². The van der Waals surface area contributed by atoms with E-state index in [1.807, 2.05) is 0 Å². The van der Waals surface area contributed by atoms with Crippen molar-refractivity contribution in [2.75, 3.05) is 26.1 Å². The molecule has 32 heavy (non-hydrogen) atoms. The molecule has 0 spiro atoms. The molecule has 0 saturated carbocycles. The molecule has 1 aromatic heterocycles. The van der Waals surface area contributed by atoms with Gasteiger partial charge >= 0.3 is 0 Å². The first-order chi connectivity index (χ1) is 15.5. The summed E-state index contributed by atoms with van der Waals surface area (Å²) in [5, 5.41) is 11.5. The van der Waals surface area contributed by atoms with Crippen LogP contribution in [-0.4, -0.2) is 47.7 Å². The fourth-order valence-corrected chi connectivity index (χ4v) is 4.46. The number of nitrogens with zero attached hydrogens (tertiary/aromatic N) is 3. The minimum absolute atomic E-state index is 0.145. The molecule has 2 amide bonds. The minimum atomic E-state index is -0.479. The molecule has 4 rings (SSSR count). The first-order valence-corrected chi connectivity index (χ1v) is 10.7. The maximum absolute atomic E-state index is 13.4. The van der Waals surface area contributed by atoms with Crippen LogP contribution in [-0.2, 0) is 0 Å². The van der Waals surface area contributed by atoms with Crippen molar-refractivity contribution in [3.05, 3.63) is 63.9 Å². The van der Waals surface area contributed by atoms with Crippen LogP contribution in [0, 0.1) is 5.82 Å². The van der Waals surface area contributed by atoms with Crippen molar-refractivity contribution in [2.45, 2.75) is 18.9 Å². The number of aromatic nitrogens is 2. The zero-order valence-corrected chi connectivity index (χ0v) is 18.3. The molecule has 3 aromatic rings. The summed E-state index contributed by atoms with van der Waals surface area (Å²) < 4.78 is 23.9. The van der Waals surface area contributed by atoms with E-state index >= 15 is 0 Å². The molecule has 0 bridgehead atoms. The third-order valence-corrected chi connectivity index (χ3v) is 6.14. The summed E-state index contributed by atoms with van der Waals surface area (Å²) in [5.74, 6) is -0.0558. The molecule has 2 aromatic carbocycles. The smallest absolute Gasteiger partial charge is 0.286 e. The van der Waals surface area contributed by atoms with Gasteiger partial charge in [-0.15, -0.1) is 10.2 Å². The average molecular weight is 456 g/mol. The van der Waals surface area contributed by atoms with Crippen molar-refractivity contribution < 1.29 is 23.5 Å². The Kier molecular flexibility index (Phi) is 6.31. The van der Waals surface area contributed by atoms with Crippen molar-refractivity contribution in [2.24, 2.45) is 0 Å². The second-order valence-corrected chi connectivity index (χ2v) is 8.18. The van der Waals surface area contributed by atoms with Gasteiger partial charge in [-0.3, -0.25) is 9.59 Å². The number of methoxy groups -OCH3 is 2. The molecule has 166 valence electrons. The fourth-order valence-electron chi connectivity index (χ4n) is 3.58. The maximum atomic E-state index is 13.4.